The van der Waals surface area contributed by atoms with Gasteiger partial charge < -0.3 is 20.1 Å². The Morgan fingerprint density at radius 1 is 1.13 bits per heavy atom. The quantitative estimate of drug-likeness (QED) is 0.196. The Balaban J connectivity index is 1.72. The Bertz CT molecular complexity index is 1560. The van der Waals surface area contributed by atoms with Gasteiger partial charge in [-0.25, -0.2) is 17.7 Å². The van der Waals surface area contributed by atoms with Gasteiger partial charge in [-0.2, -0.15) is 4.98 Å². The minimum Gasteiger partial charge on any atom is -0.489 e. The molecule has 0 saturated carbocycles. The van der Waals surface area contributed by atoms with E-state index in [-0.39, 0.29) is 48.5 Å². The minimum atomic E-state index is -3.70. The Labute approximate surface area is 244 Å². The molecule has 39 heavy (non-hydrogen) atoms. The average Bonchev–Trinajstić information content (AvgIpc) is 2.87. The zero-order chi connectivity index (χ0) is 28.3. The molecule has 2 aromatic carbocycles. The number of aromatic nitrogens is 2. The molecule has 0 aliphatic carbocycles. The number of para-hydroxylation sites is 1. The summed E-state index contributed by atoms with van der Waals surface area (Å²) in [6.45, 7) is 8.08. The third kappa shape index (κ3) is 6.89. The Hall–Kier alpha value is -2.74. The third-order valence-electron chi connectivity index (χ3n) is 5.65. The van der Waals surface area contributed by atoms with Crippen LogP contribution in [0.15, 0.2) is 53.6 Å². The number of nitrogens with one attached hydrogen (secondary N) is 2. The Morgan fingerprint density at radius 3 is 2.56 bits per heavy atom. The van der Waals surface area contributed by atoms with Crippen LogP contribution in [0, 0.1) is 6.92 Å². The molecule has 208 valence electrons. The van der Waals surface area contributed by atoms with Crippen molar-refractivity contribution >= 4 is 74.8 Å². The van der Waals surface area contributed by atoms with Gasteiger partial charge in [-0.15, -0.1) is 0 Å². The van der Waals surface area contributed by atoms with Crippen LogP contribution in [0.3, 0.4) is 0 Å². The molecule has 0 fully saturated rings. The SMILES string of the molecule is CC1=ICOC(c2cc(Nc3ncc(Cl)c(Nc4ccccc4S(=O)(=O)N(C)C)n3)c(OC(C)C)cc2C)=C1. The van der Waals surface area contributed by atoms with Crippen molar-refractivity contribution < 1.29 is 17.9 Å². The van der Waals surface area contributed by atoms with E-state index in [1.165, 1.54) is 29.9 Å². The summed E-state index contributed by atoms with van der Waals surface area (Å²) in [6.07, 6.45) is 3.50. The second kappa shape index (κ2) is 12.2. The minimum absolute atomic E-state index is 0.0558. The first-order valence-corrected chi connectivity index (χ1v) is 16.5. The van der Waals surface area contributed by atoms with Gasteiger partial charge in [-0.3, -0.25) is 0 Å². The molecule has 0 unspecified atom stereocenters. The molecule has 4 rings (SSSR count). The largest absolute Gasteiger partial charge is 0.489 e. The van der Waals surface area contributed by atoms with Gasteiger partial charge in [-0.1, -0.05) is 44.5 Å². The van der Waals surface area contributed by atoms with Crippen molar-refractivity contribution in [2.75, 3.05) is 29.3 Å². The van der Waals surface area contributed by atoms with E-state index >= 15 is 0 Å². The maximum absolute atomic E-state index is 12.9. The van der Waals surface area contributed by atoms with Gasteiger partial charge in [0.05, 0.1) is 23.7 Å². The van der Waals surface area contributed by atoms with E-state index in [0.29, 0.717) is 17.1 Å². The number of allylic oxidation sites excluding steroid dienone is 1. The summed E-state index contributed by atoms with van der Waals surface area (Å²) in [7, 11) is -0.745. The van der Waals surface area contributed by atoms with E-state index in [9.17, 15) is 8.42 Å². The predicted molar refractivity (Wildman–Crippen MR) is 166 cm³/mol. The average molecular weight is 684 g/mol. The van der Waals surface area contributed by atoms with Crippen molar-refractivity contribution in [3.05, 3.63) is 64.8 Å². The molecule has 0 amide bonds. The van der Waals surface area contributed by atoms with E-state index in [2.05, 4.69) is 33.6 Å². The third-order valence-corrected chi connectivity index (χ3v) is 9.94. The van der Waals surface area contributed by atoms with Gasteiger partial charge in [0.1, 0.15) is 26.0 Å². The molecule has 9 nitrogen and oxygen atoms in total. The number of aryl methyl sites for hydroxylation is 1. The molecule has 1 aromatic heterocycles. The van der Waals surface area contributed by atoms with Crippen molar-refractivity contribution in [2.24, 2.45) is 0 Å². The van der Waals surface area contributed by atoms with Crippen LogP contribution in [0.5, 0.6) is 5.75 Å². The van der Waals surface area contributed by atoms with Gasteiger partial charge in [0.2, 0.25) is 16.0 Å². The van der Waals surface area contributed by atoms with E-state index < -0.39 is 10.0 Å². The molecule has 2 N–H and O–H groups in total. The van der Waals surface area contributed by atoms with Crippen molar-refractivity contribution in [1.29, 1.82) is 0 Å². The van der Waals surface area contributed by atoms with Crippen molar-refractivity contribution in [3.63, 3.8) is 0 Å². The Morgan fingerprint density at radius 2 is 1.87 bits per heavy atom. The summed E-state index contributed by atoms with van der Waals surface area (Å²) < 4.78 is 41.1. The van der Waals surface area contributed by atoms with Gasteiger partial charge in [0.15, 0.2) is 5.82 Å². The second-order valence-corrected chi connectivity index (χ2v) is 14.9. The Kier molecular flexibility index (Phi) is 9.14. The number of alkyl halides is 1. The van der Waals surface area contributed by atoms with Crippen molar-refractivity contribution in [1.82, 2.24) is 14.3 Å². The molecule has 3 aromatic rings. The fourth-order valence-electron chi connectivity index (χ4n) is 3.74. The van der Waals surface area contributed by atoms with Gasteiger partial charge in [-0.05, 0) is 67.1 Å². The number of hydrogen-bond donors (Lipinski definition) is 2. The number of anilines is 4. The summed E-state index contributed by atoms with van der Waals surface area (Å²) >= 11 is 6.33. The number of sulfonamides is 1. The van der Waals surface area contributed by atoms with E-state index in [0.717, 1.165) is 25.8 Å². The molecule has 0 radical (unpaired) electrons. The van der Waals surface area contributed by atoms with Crippen molar-refractivity contribution in [3.8, 4) is 5.75 Å². The predicted octanol–water partition coefficient (Wildman–Crippen LogP) is 6.45. The highest BCUT2D eigenvalue weighted by atomic mass is 127. The van der Waals surface area contributed by atoms with Gasteiger partial charge in [0, 0.05) is 19.7 Å². The fraction of sp³-hybridized carbons (Fsp3) is 0.296. The smallest absolute Gasteiger partial charge is 0.244 e. The van der Waals surface area contributed by atoms with Gasteiger partial charge in [0.25, 0.3) is 0 Å². The molecule has 12 heteroatoms. The number of halogens is 2. The number of benzene rings is 2. The summed E-state index contributed by atoms with van der Waals surface area (Å²) in [4.78, 5) is 9.01. The number of ether oxygens (including phenoxy) is 2. The summed E-state index contributed by atoms with van der Waals surface area (Å²) in [6, 6.07) is 10.5. The van der Waals surface area contributed by atoms with Gasteiger partial charge >= 0.3 is 0 Å². The van der Waals surface area contributed by atoms with Crippen LogP contribution in [-0.4, -0.2) is 51.0 Å². The highest BCUT2D eigenvalue weighted by Crippen LogP contribution is 2.36. The first kappa shape index (κ1) is 29.2. The lowest BCUT2D eigenvalue weighted by atomic mass is 10.0. The lowest BCUT2D eigenvalue weighted by Crippen LogP contribution is -2.23. The number of nitrogens with zero attached hydrogens (tertiary/aromatic N) is 3. The zero-order valence-corrected chi connectivity index (χ0v) is 26.3. The molecular weight excluding hydrogens is 653 g/mol. The summed E-state index contributed by atoms with van der Waals surface area (Å²) in [5.41, 5.74) is 2.98. The fourth-order valence-corrected chi connectivity index (χ4v) is 6.40. The zero-order valence-electron chi connectivity index (χ0n) is 22.5. The molecule has 0 atom stereocenters. The summed E-state index contributed by atoms with van der Waals surface area (Å²) in [5.74, 6) is 1.98. The number of rotatable bonds is 9. The standard InChI is InChI=1S/C27H31ClIN5O4S/c1-16(2)38-24-11-17(3)19(23-12-18(4)29-15-37-23)13-22(24)32-27-30-14-20(28)26(33-27)31-21-9-7-8-10-25(21)39(35,36)34(5)6/h7-14,16H,15H2,1-6H3,(H2,30,31,32,33). The molecule has 0 bridgehead atoms. The molecule has 2 heterocycles. The second-order valence-electron chi connectivity index (χ2n) is 9.24. The lowest BCUT2D eigenvalue weighted by Gasteiger charge is -2.21. The molecular formula is C27H31ClIN5O4S. The van der Waals surface area contributed by atoms with Crippen LogP contribution < -0.4 is 15.4 Å². The summed E-state index contributed by atoms with van der Waals surface area (Å²) in [5, 5.41) is 6.55. The van der Waals surface area contributed by atoms with E-state index in [4.69, 9.17) is 21.1 Å². The van der Waals surface area contributed by atoms with Crippen LogP contribution in [0.4, 0.5) is 23.1 Å². The van der Waals surface area contributed by atoms with E-state index in [1.54, 1.807) is 18.2 Å². The van der Waals surface area contributed by atoms with Crippen molar-refractivity contribution in [2.45, 2.75) is 38.7 Å². The first-order chi connectivity index (χ1) is 18.5. The lowest BCUT2D eigenvalue weighted by molar-refractivity contribution is 0.243. The highest BCUT2D eigenvalue weighted by molar-refractivity contribution is 14.2. The number of hydrogen-bond acceptors (Lipinski definition) is 8. The molecule has 1 aliphatic heterocycles. The molecule has 0 spiro atoms. The molecule has 1 aliphatic rings. The normalized spacial score (nSPS) is 13.8. The van der Waals surface area contributed by atoms with Crippen LogP contribution in [0.2, 0.25) is 5.02 Å². The van der Waals surface area contributed by atoms with Crippen LogP contribution in [-0.2, 0) is 14.8 Å². The first-order valence-electron chi connectivity index (χ1n) is 12.1. The molecule has 0 saturated heterocycles. The van der Waals surface area contributed by atoms with E-state index in [1.807, 2.05) is 32.9 Å². The topological polar surface area (TPSA) is 106 Å². The van der Waals surface area contributed by atoms with Crippen LogP contribution >= 0.6 is 32.3 Å². The maximum Gasteiger partial charge on any atom is 0.244 e. The monoisotopic (exact) mass is 683 g/mol. The van der Waals surface area contributed by atoms with Crippen LogP contribution in [0.1, 0.15) is 31.9 Å². The maximum atomic E-state index is 12.9. The highest BCUT2D eigenvalue weighted by Gasteiger charge is 2.22. The van der Waals surface area contributed by atoms with Crippen LogP contribution in [0.25, 0.3) is 5.76 Å².